The van der Waals surface area contributed by atoms with Crippen LogP contribution >= 0.6 is 11.6 Å². The smallest absolute Gasteiger partial charge is 0.477 e. The Hall–Kier alpha value is -3.57. The Balaban J connectivity index is 1.70. The van der Waals surface area contributed by atoms with Crippen molar-refractivity contribution in [1.82, 2.24) is 15.0 Å². The Kier molecular flexibility index (Phi) is 7.71. The number of hydrogen-bond donors (Lipinski definition) is 2. The minimum atomic E-state index is -4.78. The summed E-state index contributed by atoms with van der Waals surface area (Å²) in [5, 5.41) is 1.08. The van der Waals surface area contributed by atoms with E-state index in [0.717, 1.165) is 5.01 Å². The predicted molar refractivity (Wildman–Crippen MR) is 125 cm³/mol. The highest BCUT2D eigenvalue weighted by Gasteiger charge is 2.31. The van der Waals surface area contributed by atoms with Gasteiger partial charge in [-0.1, -0.05) is 32.0 Å². The number of amides is 1. The van der Waals surface area contributed by atoms with Gasteiger partial charge in [-0.05, 0) is 47.0 Å². The fraction of sp³-hybridized carbons (Fsp3) is 0.261. The quantitative estimate of drug-likeness (QED) is 0.149. The van der Waals surface area contributed by atoms with Gasteiger partial charge in [-0.2, -0.15) is 4.98 Å². The molecule has 0 aliphatic rings. The zero-order valence-electron chi connectivity index (χ0n) is 18.8. The fourth-order valence-electron chi connectivity index (χ4n) is 3.17. The Morgan fingerprint density at radius 1 is 1.09 bits per heavy atom. The van der Waals surface area contributed by atoms with Gasteiger partial charge in [-0.3, -0.25) is 9.80 Å². The molecule has 0 spiro atoms. The van der Waals surface area contributed by atoms with Gasteiger partial charge in [0, 0.05) is 29.9 Å². The lowest BCUT2D eigenvalue weighted by atomic mass is 9.94. The molecule has 3 rings (SSSR count). The molecule has 35 heavy (non-hydrogen) atoms. The molecular weight excluding hydrogens is 487 g/mol. The van der Waals surface area contributed by atoms with Crippen molar-refractivity contribution in [3.05, 3.63) is 65.6 Å². The van der Waals surface area contributed by atoms with Crippen molar-refractivity contribution in [2.24, 2.45) is 11.3 Å². The SMILES string of the molecule is CC(C)(COc1ccnc(Cl)n1)CN(N)C(=O)c1cc(-c2ccc(OC(F)(F)F)cc2)ccc1N. The van der Waals surface area contributed by atoms with Gasteiger partial charge in [0.1, 0.15) is 5.75 Å². The van der Waals surface area contributed by atoms with Crippen LogP contribution in [0, 0.1) is 5.41 Å². The zero-order valence-corrected chi connectivity index (χ0v) is 19.6. The van der Waals surface area contributed by atoms with Gasteiger partial charge >= 0.3 is 6.36 Å². The predicted octanol–water partition coefficient (Wildman–Crippen LogP) is 4.70. The van der Waals surface area contributed by atoms with Crippen LogP contribution in [0.3, 0.4) is 0 Å². The number of nitrogen functional groups attached to an aromatic ring is 1. The van der Waals surface area contributed by atoms with E-state index in [9.17, 15) is 18.0 Å². The summed E-state index contributed by atoms with van der Waals surface area (Å²) in [6.45, 7) is 4.02. The van der Waals surface area contributed by atoms with Crippen molar-refractivity contribution in [2.45, 2.75) is 20.2 Å². The van der Waals surface area contributed by atoms with Crippen molar-refractivity contribution in [1.29, 1.82) is 0 Å². The molecule has 4 N–H and O–H groups in total. The number of hydrogen-bond acceptors (Lipinski definition) is 7. The van der Waals surface area contributed by atoms with Crippen LogP contribution in [0.15, 0.2) is 54.7 Å². The minimum absolute atomic E-state index is 0.0498. The third-order valence-electron chi connectivity index (χ3n) is 4.78. The van der Waals surface area contributed by atoms with Crippen molar-refractivity contribution < 1.29 is 27.4 Å². The molecule has 3 aromatic rings. The Morgan fingerprint density at radius 2 is 1.74 bits per heavy atom. The molecule has 0 bridgehead atoms. The lowest BCUT2D eigenvalue weighted by Crippen LogP contribution is -2.45. The second-order valence-electron chi connectivity index (χ2n) is 8.42. The number of halogens is 4. The largest absolute Gasteiger partial charge is 0.573 e. The summed E-state index contributed by atoms with van der Waals surface area (Å²) in [5.74, 6) is 5.48. The number of aromatic nitrogens is 2. The number of carbonyl (C=O) groups is 1. The molecule has 0 saturated heterocycles. The van der Waals surface area contributed by atoms with Crippen LogP contribution in [0.2, 0.25) is 5.28 Å². The zero-order chi connectivity index (χ0) is 25.8. The van der Waals surface area contributed by atoms with Crippen molar-refractivity contribution in [2.75, 3.05) is 18.9 Å². The molecule has 1 heterocycles. The van der Waals surface area contributed by atoms with E-state index in [-0.39, 0.29) is 41.3 Å². The molecule has 0 saturated carbocycles. The molecule has 12 heteroatoms. The van der Waals surface area contributed by atoms with Gasteiger partial charge in [-0.15, -0.1) is 13.2 Å². The molecule has 0 aliphatic heterocycles. The summed E-state index contributed by atoms with van der Waals surface area (Å²) in [5.41, 5.74) is 6.93. The van der Waals surface area contributed by atoms with Crippen molar-refractivity contribution in [3.8, 4) is 22.8 Å². The average molecular weight is 510 g/mol. The number of nitrogens with two attached hydrogens (primary N) is 2. The monoisotopic (exact) mass is 509 g/mol. The van der Waals surface area contributed by atoms with Crippen LogP contribution in [0.25, 0.3) is 11.1 Å². The van der Waals surface area contributed by atoms with E-state index in [1.54, 1.807) is 12.1 Å². The normalized spacial score (nSPS) is 11.7. The third-order valence-corrected chi connectivity index (χ3v) is 4.96. The number of nitrogens with zero attached hydrogens (tertiary/aromatic N) is 3. The van der Waals surface area contributed by atoms with Gasteiger partial charge in [-0.25, -0.2) is 10.8 Å². The maximum absolute atomic E-state index is 13.1. The van der Waals surface area contributed by atoms with E-state index in [1.165, 1.54) is 42.6 Å². The molecule has 0 radical (unpaired) electrons. The maximum Gasteiger partial charge on any atom is 0.573 e. The van der Waals surface area contributed by atoms with E-state index in [0.29, 0.717) is 11.1 Å². The van der Waals surface area contributed by atoms with Crippen LogP contribution in [-0.4, -0.2) is 40.4 Å². The Bertz CT molecular complexity index is 1190. The second-order valence-corrected chi connectivity index (χ2v) is 8.76. The van der Waals surface area contributed by atoms with Gasteiger partial charge in [0.25, 0.3) is 5.91 Å². The summed E-state index contributed by atoms with van der Waals surface area (Å²) in [4.78, 5) is 20.8. The van der Waals surface area contributed by atoms with Gasteiger partial charge in [0.2, 0.25) is 11.2 Å². The fourth-order valence-corrected chi connectivity index (χ4v) is 3.31. The van der Waals surface area contributed by atoms with Crippen LogP contribution < -0.4 is 21.1 Å². The van der Waals surface area contributed by atoms with Crippen LogP contribution in [0.1, 0.15) is 24.2 Å². The Morgan fingerprint density at radius 3 is 2.37 bits per heavy atom. The summed E-state index contributed by atoms with van der Waals surface area (Å²) in [7, 11) is 0. The Labute approximate surface area is 204 Å². The number of hydrazine groups is 1. The number of rotatable bonds is 8. The lowest BCUT2D eigenvalue weighted by molar-refractivity contribution is -0.274. The maximum atomic E-state index is 13.1. The highest BCUT2D eigenvalue weighted by atomic mass is 35.5. The molecule has 8 nitrogen and oxygen atoms in total. The molecule has 0 atom stereocenters. The topological polar surface area (TPSA) is 117 Å². The first kappa shape index (κ1) is 26.0. The average Bonchev–Trinajstić information content (AvgIpc) is 2.77. The number of benzene rings is 2. The van der Waals surface area contributed by atoms with Crippen molar-refractivity contribution >= 4 is 23.2 Å². The molecule has 2 aromatic carbocycles. The molecule has 0 unspecified atom stereocenters. The first-order chi connectivity index (χ1) is 16.3. The second kappa shape index (κ2) is 10.4. The van der Waals surface area contributed by atoms with E-state index in [4.69, 9.17) is 27.9 Å². The summed E-state index contributed by atoms with van der Waals surface area (Å²) >= 11 is 5.76. The molecule has 1 aromatic heterocycles. The molecular formula is C23H23ClF3N5O3. The third kappa shape index (κ3) is 7.46. The highest BCUT2D eigenvalue weighted by Crippen LogP contribution is 2.29. The molecule has 1 amide bonds. The summed E-state index contributed by atoms with van der Waals surface area (Å²) in [6, 6.07) is 11.5. The van der Waals surface area contributed by atoms with E-state index < -0.39 is 17.7 Å². The van der Waals surface area contributed by atoms with Crippen LogP contribution in [0.4, 0.5) is 18.9 Å². The van der Waals surface area contributed by atoms with Gasteiger partial charge in [0.15, 0.2) is 0 Å². The number of ether oxygens (including phenoxy) is 2. The summed E-state index contributed by atoms with van der Waals surface area (Å²) < 4.78 is 46.7. The number of anilines is 1. The van der Waals surface area contributed by atoms with Crippen molar-refractivity contribution in [3.63, 3.8) is 0 Å². The highest BCUT2D eigenvalue weighted by molar-refractivity contribution is 6.28. The molecule has 0 aliphatic carbocycles. The first-order valence-electron chi connectivity index (χ1n) is 10.3. The van der Waals surface area contributed by atoms with Gasteiger partial charge in [0.05, 0.1) is 12.2 Å². The number of alkyl halides is 3. The van der Waals surface area contributed by atoms with E-state index in [1.807, 2.05) is 13.8 Å². The van der Waals surface area contributed by atoms with Gasteiger partial charge < -0.3 is 15.2 Å². The molecule has 186 valence electrons. The lowest BCUT2D eigenvalue weighted by Gasteiger charge is -2.29. The first-order valence-corrected chi connectivity index (χ1v) is 10.6. The minimum Gasteiger partial charge on any atom is -0.477 e. The van der Waals surface area contributed by atoms with E-state index in [2.05, 4.69) is 14.7 Å². The van der Waals surface area contributed by atoms with Crippen LogP contribution in [-0.2, 0) is 0 Å². The number of carbonyl (C=O) groups excluding carboxylic acids is 1. The standard InChI is InChI=1S/C23H23ClF3N5O3/c1-22(2,13-34-19-9-10-30-21(24)31-19)12-32(29)20(33)17-11-15(5-8-18(17)28)14-3-6-16(7-4-14)35-23(25,26)27/h3-11H,12-13,28-29H2,1-2H3. The summed E-state index contributed by atoms with van der Waals surface area (Å²) in [6.07, 6.45) is -3.32. The molecule has 0 fully saturated rings. The van der Waals surface area contributed by atoms with Crippen LogP contribution in [0.5, 0.6) is 11.6 Å². The van der Waals surface area contributed by atoms with E-state index >= 15 is 0 Å².